The highest BCUT2D eigenvalue weighted by Crippen LogP contribution is 2.34. The lowest BCUT2D eigenvalue weighted by atomic mass is 9.85. The second-order valence-electron chi connectivity index (χ2n) is 8.29. The van der Waals surface area contributed by atoms with E-state index >= 15 is 0 Å². The van der Waals surface area contributed by atoms with Crippen molar-refractivity contribution in [3.8, 4) is 0 Å². The SMILES string of the molecule is Cc1onc2c1c(=O)n(C1CCCC(CNC(=O)c3ccccc3)C1)c1ccncc21. The van der Waals surface area contributed by atoms with E-state index in [1.165, 1.54) is 0 Å². The molecular weight excluding hydrogens is 392 g/mol. The van der Waals surface area contributed by atoms with Crippen LogP contribution in [-0.2, 0) is 0 Å². The molecule has 3 aromatic heterocycles. The Morgan fingerprint density at radius 1 is 1.23 bits per heavy atom. The van der Waals surface area contributed by atoms with Crippen molar-refractivity contribution in [2.45, 2.75) is 38.6 Å². The molecule has 0 spiro atoms. The minimum Gasteiger partial charge on any atom is -0.360 e. The Morgan fingerprint density at radius 2 is 2.06 bits per heavy atom. The highest BCUT2D eigenvalue weighted by atomic mass is 16.5. The maximum atomic E-state index is 13.5. The van der Waals surface area contributed by atoms with Crippen LogP contribution < -0.4 is 10.9 Å². The summed E-state index contributed by atoms with van der Waals surface area (Å²) >= 11 is 0. The summed E-state index contributed by atoms with van der Waals surface area (Å²) in [6.45, 7) is 2.37. The van der Waals surface area contributed by atoms with Gasteiger partial charge in [0.15, 0.2) is 0 Å². The zero-order valence-electron chi connectivity index (χ0n) is 17.4. The average Bonchev–Trinajstić information content (AvgIpc) is 3.21. The van der Waals surface area contributed by atoms with Gasteiger partial charge >= 0.3 is 0 Å². The standard InChI is InChI=1S/C24H24N4O3/c1-15-21-22(27-31-15)19-14-25-11-10-20(19)28(24(21)30)18-9-5-6-16(12-18)13-26-23(29)17-7-3-2-4-8-17/h2-4,7-8,10-11,14,16,18H,5-6,9,12-13H2,1H3,(H,26,29). The van der Waals surface area contributed by atoms with Crippen molar-refractivity contribution in [3.05, 3.63) is 70.5 Å². The van der Waals surface area contributed by atoms with E-state index in [1.54, 1.807) is 19.3 Å². The molecule has 0 saturated heterocycles. The van der Waals surface area contributed by atoms with Gasteiger partial charge in [0.25, 0.3) is 11.5 Å². The second-order valence-corrected chi connectivity index (χ2v) is 8.29. The number of amides is 1. The first-order valence-electron chi connectivity index (χ1n) is 10.7. The normalized spacial score (nSPS) is 19.0. The molecule has 1 aliphatic rings. The van der Waals surface area contributed by atoms with Crippen LogP contribution in [0.2, 0.25) is 0 Å². The molecule has 7 nitrogen and oxygen atoms in total. The Hall–Kier alpha value is -3.48. The molecule has 158 valence electrons. The lowest BCUT2D eigenvalue weighted by Gasteiger charge is -2.31. The number of nitrogens with zero attached hydrogens (tertiary/aromatic N) is 3. The monoisotopic (exact) mass is 416 g/mol. The van der Waals surface area contributed by atoms with Gasteiger partial charge in [-0.1, -0.05) is 29.8 Å². The van der Waals surface area contributed by atoms with Crippen LogP contribution in [0.25, 0.3) is 21.8 Å². The molecule has 7 heteroatoms. The molecule has 1 N–H and O–H groups in total. The van der Waals surface area contributed by atoms with Gasteiger partial charge in [0.1, 0.15) is 16.7 Å². The average molecular weight is 416 g/mol. The molecule has 1 aromatic carbocycles. The molecule has 1 fully saturated rings. The summed E-state index contributed by atoms with van der Waals surface area (Å²) < 4.78 is 7.23. The quantitative estimate of drug-likeness (QED) is 0.543. The molecule has 5 rings (SSSR count). The van der Waals surface area contributed by atoms with Crippen LogP contribution in [0.3, 0.4) is 0 Å². The molecule has 1 saturated carbocycles. The van der Waals surface area contributed by atoms with Crippen molar-refractivity contribution >= 4 is 27.7 Å². The maximum Gasteiger partial charge on any atom is 0.264 e. The van der Waals surface area contributed by atoms with E-state index in [4.69, 9.17) is 4.52 Å². The predicted molar refractivity (Wildman–Crippen MR) is 118 cm³/mol. The van der Waals surface area contributed by atoms with Crippen LogP contribution in [0.4, 0.5) is 0 Å². The molecule has 3 heterocycles. The van der Waals surface area contributed by atoms with Crippen molar-refractivity contribution in [3.63, 3.8) is 0 Å². The molecule has 1 amide bonds. The number of aryl methyl sites for hydroxylation is 1. The number of hydrogen-bond donors (Lipinski definition) is 1. The number of pyridine rings is 2. The second kappa shape index (κ2) is 7.98. The van der Waals surface area contributed by atoms with E-state index in [1.807, 2.05) is 41.0 Å². The number of fused-ring (bicyclic) bond motifs is 3. The van der Waals surface area contributed by atoms with Crippen LogP contribution in [0.1, 0.15) is 47.8 Å². The van der Waals surface area contributed by atoms with Crippen molar-refractivity contribution in [2.24, 2.45) is 5.92 Å². The molecule has 2 atom stereocenters. The molecule has 0 bridgehead atoms. The molecular formula is C24H24N4O3. The Labute approximate surface area is 179 Å². The molecule has 1 aliphatic carbocycles. The zero-order valence-corrected chi connectivity index (χ0v) is 17.4. The van der Waals surface area contributed by atoms with Gasteiger partial charge in [-0.15, -0.1) is 0 Å². The predicted octanol–water partition coefficient (Wildman–Crippen LogP) is 4.01. The van der Waals surface area contributed by atoms with Crippen molar-refractivity contribution in [1.29, 1.82) is 0 Å². The van der Waals surface area contributed by atoms with Crippen LogP contribution in [-0.4, -0.2) is 27.2 Å². The Kier molecular flexibility index (Phi) is 5.02. The minimum atomic E-state index is -0.0635. The summed E-state index contributed by atoms with van der Waals surface area (Å²) in [6, 6.07) is 11.2. The van der Waals surface area contributed by atoms with Crippen molar-refractivity contribution in [2.75, 3.05) is 6.54 Å². The molecule has 2 unspecified atom stereocenters. The van der Waals surface area contributed by atoms with E-state index in [9.17, 15) is 9.59 Å². The summed E-state index contributed by atoms with van der Waals surface area (Å²) in [6.07, 6.45) is 7.26. The fraction of sp³-hybridized carbons (Fsp3) is 0.333. The van der Waals surface area contributed by atoms with E-state index in [2.05, 4.69) is 15.5 Å². The van der Waals surface area contributed by atoms with Gasteiger partial charge in [-0.05, 0) is 50.3 Å². The number of benzene rings is 1. The number of rotatable bonds is 4. The Morgan fingerprint density at radius 3 is 2.90 bits per heavy atom. The smallest absolute Gasteiger partial charge is 0.264 e. The third-order valence-electron chi connectivity index (χ3n) is 6.32. The number of carbonyl (C=O) groups excluding carboxylic acids is 1. The van der Waals surface area contributed by atoms with Crippen molar-refractivity contribution in [1.82, 2.24) is 20.0 Å². The zero-order chi connectivity index (χ0) is 21.4. The van der Waals surface area contributed by atoms with E-state index < -0.39 is 0 Å². The third kappa shape index (κ3) is 3.50. The number of hydrogen-bond acceptors (Lipinski definition) is 5. The summed E-state index contributed by atoms with van der Waals surface area (Å²) in [5, 5.41) is 8.53. The van der Waals surface area contributed by atoms with E-state index in [-0.39, 0.29) is 17.5 Å². The summed E-state index contributed by atoms with van der Waals surface area (Å²) in [7, 11) is 0. The van der Waals surface area contributed by atoms with Crippen LogP contribution in [0.15, 0.2) is 58.1 Å². The highest BCUT2D eigenvalue weighted by Gasteiger charge is 2.27. The van der Waals surface area contributed by atoms with Gasteiger partial charge in [0.2, 0.25) is 0 Å². The molecule has 0 radical (unpaired) electrons. The van der Waals surface area contributed by atoms with Gasteiger partial charge in [-0.2, -0.15) is 0 Å². The highest BCUT2D eigenvalue weighted by molar-refractivity contribution is 6.03. The number of aromatic nitrogens is 3. The largest absolute Gasteiger partial charge is 0.360 e. The summed E-state index contributed by atoms with van der Waals surface area (Å²) in [5.74, 6) is 0.786. The molecule has 4 aromatic rings. The fourth-order valence-corrected chi connectivity index (χ4v) is 4.79. The number of carbonyl (C=O) groups is 1. The van der Waals surface area contributed by atoms with Gasteiger partial charge in [0, 0.05) is 35.9 Å². The van der Waals surface area contributed by atoms with Crippen LogP contribution in [0, 0.1) is 12.8 Å². The number of nitrogens with one attached hydrogen (secondary N) is 1. The van der Waals surface area contributed by atoms with Gasteiger partial charge in [0.05, 0.1) is 5.52 Å². The molecule has 0 aliphatic heterocycles. The Bertz CT molecular complexity index is 1310. The first kappa shape index (κ1) is 19.5. The first-order valence-corrected chi connectivity index (χ1v) is 10.7. The van der Waals surface area contributed by atoms with E-state index in [0.29, 0.717) is 34.7 Å². The van der Waals surface area contributed by atoms with E-state index in [0.717, 1.165) is 36.6 Å². The van der Waals surface area contributed by atoms with Gasteiger partial charge in [-0.25, -0.2) is 0 Å². The van der Waals surface area contributed by atoms with Gasteiger partial charge in [-0.3, -0.25) is 14.6 Å². The van der Waals surface area contributed by atoms with Crippen molar-refractivity contribution < 1.29 is 9.32 Å². The fourth-order valence-electron chi connectivity index (χ4n) is 4.79. The van der Waals surface area contributed by atoms with Crippen LogP contribution >= 0.6 is 0 Å². The molecule has 31 heavy (non-hydrogen) atoms. The van der Waals surface area contributed by atoms with Crippen LogP contribution in [0.5, 0.6) is 0 Å². The maximum absolute atomic E-state index is 13.5. The topological polar surface area (TPSA) is 90.0 Å². The lowest BCUT2D eigenvalue weighted by molar-refractivity contribution is 0.0940. The summed E-state index contributed by atoms with van der Waals surface area (Å²) in [5.41, 5.74) is 2.01. The van der Waals surface area contributed by atoms with Gasteiger partial charge < -0.3 is 14.4 Å². The third-order valence-corrected chi connectivity index (χ3v) is 6.32. The first-order chi connectivity index (χ1) is 15.1. The lowest BCUT2D eigenvalue weighted by Crippen LogP contribution is -2.34. The summed E-state index contributed by atoms with van der Waals surface area (Å²) in [4.78, 5) is 30.1. The Balaban J connectivity index is 1.43. The minimum absolute atomic E-state index is 0.0575.